The van der Waals surface area contributed by atoms with Gasteiger partial charge in [0.15, 0.2) is 6.10 Å². The lowest BCUT2D eigenvalue weighted by atomic mass is 9.47. The first kappa shape index (κ1) is 45.9. The number of nitrogens with zero attached hydrogens (tertiary/aromatic N) is 3. The smallest absolute Gasteiger partial charge is 0.344 e. The number of fused-ring (bicyclic) bond motifs is 6. The lowest BCUT2D eigenvalue weighted by Crippen LogP contribution is -2.81. The standard InChI is InChI=1S/C53H63N5O10/c1-8-49(68-43(60)35-16-10-12-17-38(35)54)27-32-28-52(47(61)65-6,42-34(19-23-57(29-32)30-49)33-15-11-13-18-39(33)55-42)37-25-36-40(26-41(37)64-5)56(4)45-51(36)21-24-58-22-14-20-50(9-2,44(51)58)46(67-31(3)59)53(45,63)48(62)66-7/h10-18,20,25-26,32,44-46,55,63H,8-9,19,21-24,27-30,54H2,1-7H3/t32-,44+,45-,46-,49+,50-,51-,52+,53+/m1/s1. The molecular weight excluding hydrogens is 867 g/mol. The van der Waals surface area contributed by atoms with Gasteiger partial charge >= 0.3 is 23.9 Å². The SMILES string of the molecule is CC[C@]1(OC(=O)c2ccccc2N)C[C@H]2CN(CCc3c([nH]c4ccccc34)[C@@](C(=O)OC)(c3cc4c(cc3OC)N(C)[C@H]3[C@@](O)(C(=O)OC)[C@H](OC(C)=O)[C@]5(CC)C=CCN6CC[C@]43[C@@H]65)C2)C1. The number of aliphatic hydroxyl groups is 1. The number of esters is 4. The molecule has 2 bridgehead atoms. The van der Waals surface area contributed by atoms with E-state index in [0.717, 1.165) is 22.0 Å². The molecule has 1 aliphatic carbocycles. The second-order valence-corrected chi connectivity index (χ2v) is 20.1. The Hall–Kier alpha value is -5.90. The summed E-state index contributed by atoms with van der Waals surface area (Å²) in [7, 11) is 6.11. The molecule has 360 valence electrons. The summed E-state index contributed by atoms with van der Waals surface area (Å²) in [6.07, 6.45) is 5.57. The molecular formula is C53H63N5O10. The lowest BCUT2D eigenvalue weighted by Gasteiger charge is -2.63. The van der Waals surface area contributed by atoms with Gasteiger partial charge in [0.1, 0.15) is 16.8 Å². The Bertz CT molecular complexity index is 2760. The maximum absolute atomic E-state index is 15.7. The molecule has 1 saturated carbocycles. The van der Waals surface area contributed by atoms with Crippen molar-refractivity contribution in [1.82, 2.24) is 14.8 Å². The van der Waals surface area contributed by atoms with Gasteiger partial charge in [-0.3, -0.25) is 19.4 Å². The van der Waals surface area contributed by atoms with Crippen LogP contribution in [0, 0.1) is 11.3 Å². The second kappa shape index (κ2) is 16.4. The quantitative estimate of drug-likeness (QED) is 0.0835. The number of carbonyl (C=O) groups excluding carboxylic acids is 4. The second-order valence-electron chi connectivity index (χ2n) is 20.1. The van der Waals surface area contributed by atoms with Crippen LogP contribution in [-0.2, 0) is 50.6 Å². The Balaban J connectivity index is 1.22. The van der Waals surface area contributed by atoms with E-state index in [0.29, 0.717) is 98.8 Å². The van der Waals surface area contributed by atoms with Crippen LogP contribution >= 0.6 is 0 Å². The Kier molecular flexibility index (Phi) is 11.0. The van der Waals surface area contributed by atoms with E-state index in [-0.39, 0.29) is 18.4 Å². The largest absolute Gasteiger partial charge is 0.496 e. The van der Waals surface area contributed by atoms with Crippen molar-refractivity contribution < 1.29 is 48.0 Å². The van der Waals surface area contributed by atoms with Crippen LogP contribution in [-0.4, -0.2) is 134 Å². The van der Waals surface area contributed by atoms with Gasteiger partial charge in [0.2, 0.25) is 5.60 Å². The molecule has 15 nitrogen and oxygen atoms in total. The number of rotatable bonds is 9. The van der Waals surface area contributed by atoms with E-state index in [1.54, 1.807) is 31.4 Å². The average Bonchev–Trinajstić information content (AvgIpc) is 4.00. The number of anilines is 2. The molecule has 4 N–H and O–H groups in total. The Labute approximate surface area is 396 Å². The fourth-order valence-electron chi connectivity index (χ4n) is 14.6. The van der Waals surface area contributed by atoms with Crippen molar-refractivity contribution in [1.29, 1.82) is 0 Å². The topological polar surface area (TPSA) is 186 Å². The summed E-state index contributed by atoms with van der Waals surface area (Å²) in [5.74, 6) is -2.29. The van der Waals surface area contributed by atoms with Gasteiger partial charge < -0.3 is 44.4 Å². The number of aromatic nitrogens is 1. The normalized spacial score (nSPS) is 33.5. The molecule has 10 rings (SSSR count). The predicted molar refractivity (Wildman–Crippen MR) is 254 cm³/mol. The van der Waals surface area contributed by atoms with Crippen LogP contribution in [0.5, 0.6) is 5.75 Å². The lowest BCUT2D eigenvalue weighted by molar-refractivity contribution is -0.228. The monoisotopic (exact) mass is 929 g/mol. The number of benzene rings is 3. The molecule has 4 aromatic rings. The minimum Gasteiger partial charge on any atom is -0.496 e. The molecule has 1 unspecified atom stereocenters. The van der Waals surface area contributed by atoms with Crippen molar-refractivity contribution in [3.05, 3.63) is 101 Å². The van der Waals surface area contributed by atoms with E-state index in [1.807, 2.05) is 62.2 Å². The molecule has 5 aliphatic heterocycles. The fraction of sp³-hybridized carbons (Fsp3) is 0.509. The van der Waals surface area contributed by atoms with Gasteiger partial charge in [-0.25, -0.2) is 9.59 Å². The molecule has 6 heterocycles. The number of H-pyrrole nitrogens is 1. The maximum atomic E-state index is 15.7. The van der Waals surface area contributed by atoms with Crippen LogP contribution in [0.15, 0.2) is 72.8 Å². The Morgan fingerprint density at radius 1 is 0.912 bits per heavy atom. The highest BCUT2D eigenvalue weighted by Gasteiger charge is 2.80. The van der Waals surface area contributed by atoms with Gasteiger partial charge in [0.25, 0.3) is 0 Å². The summed E-state index contributed by atoms with van der Waals surface area (Å²) in [4.78, 5) is 67.9. The Morgan fingerprint density at radius 2 is 1.66 bits per heavy atom. The molecule has 1 spiro atoms. The van der Waals surface area contributed by atoms with Crippen molar-refractivity contribution in [3.8, 4) is 5.75 Å². The number of carbonyl (C=O) groups is 4. The third kappa shape index (κ3) is 6.19. The molecule has 0 amide bonds. The number of piperidine rings is 1. The molecule has 10 atom stereocenters. The van der Waals surface area contributed by atoms with Gasteiger partial charge in [0, 0.05) is 96.6 Å². The van der Waals surface area contributed by atoms with Crippen molar-refractivity contribution in [2.45, 2.75) is 99.5 Å². The summed E-state index contributed by atoms with van der Waals surface area (Å²) in [5, 5.41) is 14.4. The molecule has 3 aromatic carbocycles. The van der Waals surface area contributed by atoms with Gasteiger partial charge in [-0.1, -0.05) is 56.3 Å². The third-order valence-corrected chi connectivity index (χ3v) is 17.1. The minimum atomic E-state index is -2.34. The summed E-state index contributed by atoms with van der Waals surface area (Å²) < 4.78 is 30.8. The van der Waals surface area contributed by atoms with E-state index in [9.17, 15) is 19.5 Å². The number of hydrogen-bond acceptors (Lipinski definition) is 14. The number of likely N-dealkylation sites (N-methyl/N-ethyl adjacent to an activating group) is 1. The first-order valence-electron chi connectivity index (χ1n) is 24.0. The molecule has 6 aliphatic rings. The molecule has 2 saturated heterocycles. The van der Waals surface area contributed by atoms with Crippen LogP contribution in [0.25, 0.3) is 10.9 Å². The van der Waals surface area contributed by atoms with E-state index in [4.69, 9.17) is 29.4 Å². The molecule has 3 fully saturated rings. The van der Waals surface area contributed by atoms with Crippen LogP contribution in [0.2, 0.25) is 0 Å². The van der Waals surface area contributed by atoms with Gasteiger partial charge in [0.05, 0.1) is 32.9 Å². The van der Waals surface area contributed by atoms with Crippen molar-refractivity contribution in [3.63, 3.8) is 0 Å². The highest BCUT2D eigenvalue weighted by molar-refractivity contribution is 5.96. The van der Waals surface area contributed by atoms with Gasteiger partial charge in [-0.2, -0.15) is 0 Å². The zero-order valence-electron chi connectivity index (χ0n) is 40.1. The van der Waals surface area contributed by atoms with Crippen LogP contribution in [0.3, 0.4) is 0 Å². The van der Waals surface area contributed by atoms with Crippen LogP contribution in [0.1, 0.15) is 85.6 Å². The number of hydrogen-bond donors (Lipinski definition) is 3. The van der Waals surface area contributed by atoms with Gasteiger partial charge in [-0.15, -0.1) is 0 Å². The maximum Gasteiger partial charge on any atom is 0.344 e. The zero-order chi connectivity index (χ0) is 48.1. The summed E-state index contributed by atoms with van der Waals surface area (Å²) in [6, 6.07) is 17.7. The van der Waals surface area contributed by atoms with Crippen molar-refractivity contribution >= 4 is 46.2 Å². The molecule has 68 heavy (non-hydrogen) atoms. The fourth-order valence-corrected chi connectivity index (χ4v) is 14.6. The Morgan fingerprint density at radius 3 is 2.37 bits per heavy atom. The predicted octanol–water partition coefficient (Wildman–Crippen LogP) is 5.44. The summed E-state index contributed by atoms with van der Waals surface area (Å²) in [6.45, 7) is 8.35. The first-order valence-corrected chi connectivity index (χ1v) is 24.0. The highest BCUT2D eigenvalue weighted by Crippen LogP contribution is 2.68. The highest BCUT2D eigenvalue weighted by atomic mass is 16.6. The van der Waals surface area contributed by atoms with E-state index < -0.39 is 63.5 Å². The van der Waals surface area contributed by atoms with Crippen LogP contribution < -0.4 is 15.4 Å². The number of para-hydroxylation sites is 2. The minimum absolute atomic E-state index is 0.214. The third-order valence-electron chi connectivity index (χ3n) is 17.1. The molecule has 1 aromatic heterocycles. The zero-order valence-corrected chi connectivity index (χ0v) is 40.1. The van der Waals surface area contributed by atoms with Crippen LogP contribution in [0.4, 0.5) is 11.4 Å². The first-order chi connectivity index (χ1) is 32.6. The molecule has 0 radical (unpaired) electrons. The van der Waals surface area contributed by atoms with Crippen molar-refractivity contribution in [2.24, 2.45) is 11.3 Å². The van der Waals surface area contributed by atoms with E-state index >= 15 is 4.79 Å². The number of nitrogens with one attached hydrogen (secondary N) is 1. The number of nitrogen functional groups attached to an aromatic ring is 1. The number of nitrogens with two attached hydrogens (primary N) is 1. The van der Waals surface area contributed by atoms with E-state index in [1.165, 1.54) is 21.1 Å². The average molecular weight is 930 g/mol. The number of methoxy groups -OCH3 is 3. The number of ether oxygens (including phenoxy) is 5. The summed E-state index contributed by atoms with van der Waals surface area (Å²) >= 11 is 0. The summed E-state index contributed by atoms with van der Waals surface area (Å²) in [5.41, 5.74) is 4.87. The van der Waals surface area contributed by atoms with Crippen molar-refractivity contribution in [2.75, 3.05) is 71.7 Å². The van der Waals surface area contributed by atoms with E-state index in [2.05, 4.69) is 26.9 Å². The number of aromatic amines is 1. The van der Waals surface area contributed by atoms with Gasteiger partial charge in [-0.05, 0) is 86.4 Å². The molecule has 15 heteroatoms.